The minimum absolute atomic E-state index is 0.00412. The molecule has 0 saturated carbocycles. The Balaban J connectivity index is 1.57. The minimum Gasteiger partial charge on any atom is -0.376 e. The van der Waals surface area contributed by atoms with Crippen LogP contribution in [0, 0.1) is 11.3 Å². The first-order valence-corrected chi connectivity index (χ1v) is 11.6. The average molecular weight is 447 g/mol. The highest BCUT2D eigenvalue weighted by Gasteiger charge is 2.24. The number of carbonyl (C=O) groups is 1. The van der Waals surface area contributed by atoms with E-state index in [0.29, 0.717) is 30.0 Å². The van der Waals surface area contributed by atoms with E-state index < -0.39 is 10.0 Å². The molecule has 2 aromatic rings. The molecule has 0 radical (unpaired) electrons. The number of rotatable bonds is 6. The minimum atomic E-state index is -3.49. The third-order valence-electron chi connectivity index (χ3n) is 4.88. The quantitative estimate of drug-likeness (QED) is 0.702. The molecule has 7 nitrogen and oxygen atoms in total. The van der Waals surface area contributed by atoms with Gasteiger partial charge in [0.2, 0.25) is 15.9 Å². The summed E-state index contributed by atoms with van der Waals surface area (Å²) in [5.41, 5.74) is 1.46. The third kappa shape index (κ3) is 5.51. The van der Waals surface area contributed by atoms with Crippen molar-refractivity contribution in [3.63, 3.8) is 0 Å². The van der Waals surface area contributed by atoms with Crippen molar-refractivity contribution in [1.29, 1.82) is 5.26 Å². The average Bonchev–Trinajstić information content (AvgIpc) is 3.03. The molecule has 1 saturated heterocycles. The zero-order chi connectivity index (χ0) is 21.6. The van der Waals surface area contributed by atoms with Gasteiger partial charge in [-0.15, -0.1) is 0 Å². The van der Waals surface area contributed by atoms with Crippen LogP contribution in [0.4, 0.5) is 11.4 Å². The van der Waals surface area contributed by atoms with Crippen molar-refractivity contribution >= 4 is 38.9 Å². The van der Waals surface area contributed by atoms with Crippen LogP contribution < -0.4 is 10.6 Å². The Kier molecular flexibility index (Phi) is 7.32. The van der Waals surface area contributed by atoms with Gasteiger partial charge in [0.15, 0.2) is 0 Å². The Morgan fingerprint density at radius 3 is 2.27 bits per heavy atom. The van der Waals surface area contributed by atoms with Crippen molar-refractivity contribution in [1.82, 2.24) is 4.31 Å². The molecule has 0 bridgehead atoms. The molecule has 0 spiro atoms. The third-order valence-corrected chi connectivity index (χ3v) is 7.11. The van der Waals surface area contributed by atoms with E-state index in [1.54, 1.807) is 34.6 Å². The van der Waals surface area contributed by atoms with Crippen LogP contribution in [0.2, 0.25) is 5.02 Å². The largest absolute Gasteiger partial charge is 0.376 e. The van der Waals surface area contributed by atoms with Gasteiger partial charge in [0.1, 0.15) is 6.07 Å². The lowest BCUT2D eigenvalue weighted by molar-refractivity contribution is -0.114. The smallest absolute Gasteiger partial charge is 0.243 e. The van der Waals surface area contributed by atoms with Gasteiger partial charge in [-0.25, -0.2) is 8.42 Å². The number of hydrogen-bond donors (Lipinski definition) is 2. The monoisotopic (exact) mass is 446 g/mol. The highest BCUT2D eigenvalue weighted by atomic mass is 35.5. The van der Waals surface area contributed by atoms with Gasteiger partial charge in [-0.3, -0.25) is 4.79 Å². The predicted molar refractivity (Wildman–Crippen MR) is 117 cm³/mol. The lowest BCUT2D eigenvalue weighted by Crippen LogP contribution is -2.31. The molecule has 9 heteroatoms. The number of carbonyl (C=O) groups excluding carboxylic acids is 1. The molecule has 0 aliphatic carbocycles. The van der Waals surface area contributed by atoms with Crippen molar-refractivity contribution in [3.05, 3.63) is 53.1 Å². The maximum Gasteiger partial charge on any atom is 0.243 e. The fourth-order valence-corrected chi connectivity index (χ4v) is 4.99. The number of nitriles is 1. The topological polar surface area (TPSA) is 102 Å². The zero-order valence-electron chi connectivity index (χ0n) is 16.4. The summed E-state index contributed by atoms with van der Waals surface area (Å²) in [4.78, 5) is 12.4. The second kappa shape index (κ2) is 9.94. The zero-order valence-corrected chi connectivity index (χ0v) is 18.0. The van der Waals surface area contributed by atoms with Crippen molar-refractivity contribution in [2.75, 3.05) is 30.3 Å². The molecule has 2 aromatic carbocycles. The molecule has 3 rings (SSSR count). The lowest BCUT2D eigenvalue weighted by Gasteiger charge is -2.20. The number of nitrogens with zero attached hydrogens (tertiary/aromatic N) is 2. The molecule has 0 atom stereocenters. The van der Waals surface area contributed by atoms with Gasteiger partial charge in [-0.2, -0.15) is 9.57 Å². The standard InChI is InChI=1S/C21H23ClN4O3S/c22-20-13-18(6-5-16(20)14-23)25-21(27)15-24-17-7-9-19(10-8-17)30(28,29)26-11-3-1-2-4-12-26/h5-10,13,24H,1-4,11-12,15H2,(H,25,27). The van der Waals surface area contributed by atoms with Gasteiger partial charge >= 0.3 is 0 Å². The number of nitrogens with one attached hydrogen (secondary N) is 2. The summed E-state index contributed by atoms with van der Waals surface area (Å²) in [5, 5.41) is 14.8. The Morgan fingerprint density at radius 2 is 1.67 bits per heavy atom. The molecule has 1 aliphatic rings. The molecule has 1 amide bonds. The molecule has 0 aromatic heterocycles. The molecular formula is C21H23ClN4O3S. The van der Waals surface area contributed by atoms with E-state index in [9.17, 15) is 13.2 Å². The Labute approximate surface area is 181 Å². The summed E-state index contributed by atoms with van der Waals surface area (Å²) in [6.45, 7) is 1.11. The number of sulfonamides is 1. The van der Waals surface area contributed by atoms with E-state index in [1.807, 2.05) is 6.07 Å². The highest BCUT2D eigenvalue weighted by Crippen LogP contribution is 2.22. The first-order chi connectivity index (χ1) is 14.4. The van der Waals surface area contributed by atoms with E-state index in [-0.39, 0.29) is 22.4 Å². The fraction of sp³-hybridized carbons (Fsp3) is 0.333. The molecule has 0 unspecified atom stereocenters. The molecule has 1 heterocycles. The second-order valence-electron chi connectivity index (χ2n) is 7.05. The predicted octanol–water partition coefficient (Wildman–Crippen LogP) is 3.83. The van der Waals surface area contributed by atoms with Gasteiger partial charge in [-0.05, 0) is 55.3 Å². The summed E-state index contributed by atoms with van der Waals surface area (Å²) >= 11 is 5.96. The fourth-order valence-electron chi connectivity index (χ4n) is 3.25. The molecule has 1 fully saturated rings. The van der Waals surface area contributed by atoms with E-state index in [1.165, 1.54) is 12.1 Å². The second-order valence-corrected chi connectivity index (χ2v) is 9.40. The Morgan fingerprint density at radius 1 is 1.03 bits per heavy atom. The van der Waals surface area contributed by atoms with Crippen LogP contribution in [0.15, 0.2) is 47.4 Å². The summed E-state index contributed by atoms with van der Waals surface area (Å²) in [5.74, 6) is -0.294. The molecule has 1 aliphatic heterocycles. The molecule has 158 valence electrons. The number of hydrogen-bond acceptors (Lipinski definition) is 5. The van der Waals surface area contributed by atoms with Gasteiger partial charge < -0.3 is 10.6 Å². The van der Waals surface area contributed by atoms with Gasteiger partial charge in [0.25, 0.3) is 0 Å². The van der Waals surface area contributed by atoms with Gasteiger partial charge in [-0.1, -0.05) is 24.4 Å². The van der Waals surface area contributed by atoms with Crippen LogP contribution >= 0.6 is 11.6 Å². The van der Waals surface area contributed by atoms with E-state index in [0.717, 1.165) is 25.7 Å². The number of anilines is 2. The van der Waals surface area contributed by atoms with Gasteiger partial charge in [0, 0.05) is 24.5 Å². The summed E-state index contributed by atoms with van der Waals surface area (Å²) < 4.78 is 27.2. The Bertz CT molecular complexity index is 1040. The van der Waals surface area contributed by atoms with Crippen molar-refractivity contribution in [2.45, 2.75) is 30.6 Å². The van der Waals surface area contributed by atoms with Crippen LogP contribution in [0.5, 0.6) is 0 Å². The van der Waals surface area contributed by atoms with Crippen LogP contribution in [0.25, 0.3) is 0 Å². The van der Waals surface area contributed by atoms with E-state index >= 15 is 0 Å². The van der Waals surface area contributed by atoms with Crippen molar-refractivity contribution < 1.29 is 13.2 Å². The normalized spacial score (nSPS) is 15.1. The molecule has 30 heavy (non-hydrogen) atoms. The summed E-state index contributed by atoms with van der Waals surface area (Å²) in [7, 11) is -3.49. The van der Waals surface area contributed by atoms with Gasteiger partial charge in [0.05, 0.1) is 22.0 Å². The van der Waals surface area contributed by atoms with Crippen LogP contribution in [-0.4, -0.2) is 38.3 Å². The lowest BCUT2D eigenvalue weighted by atomic mass is 10.2. The first-order valence-electron chi connectivity index (χ1n) is 9.74. The summed E-state index contributed by atoms with van der Waals surface area (Å²) in [6, 6.07) is 13.0. The molecule has 2 N–H and O–H groups in total. The van der Waals surface area contributed by atoms with Crippen molar-refractivity contribution in [3.8, 4) is 6.07 Å². The first kappa shape index (κ1) is 22.1. The number of amides is 1. The maximum absolute atomic E-state index is 12.8. The van der Waals surface area contributed by atoms with E-state index in [2.05, 4.69) is 10.6 Å². The molecular weight excluding hydrogens is 424 g/mol. The maximum atomic E-state index is 12.8. The number of benzene rings is 2. The highest BCUT2D eigenvalue weighted by molar-refractivity contribution is 7.89. The SMILES string of the molecule is N#Cc1ccc(NC(=O)CNc2ccc(S(=O)(=O)N3CCCCCC3)cc2)cc1Cl. The van der Waals surface area contributed by atoms with Crippen LogP contribution in [0.3, 0.4) is 0 Å². The summed E-state index contributed by atoms with van der Waals surface area (Å²) in [6.07, 6.45) is 3.90. The Hall–Kier alpha value is -2.60. The van der Waals surface area contributed by atoms with Crippen LogP contribution in [-0.2, 0) is 14.8 Å². The van der Waals surface area contributed by atoms with E-state index in [4.69, 9.17) is 16.9 Å². The van der Waals surface area contributed by atoms with Crippen LogP contribution in [0.1, 0.15) is 31.2 Å². The van der Waals surface area contributed by atoms with Crippen molar-refractivity contribution in [2.24, 2.45) is 0 Å². The number of halogens is 1.